The van der Waals surface area contributed by atoms with E-state index in [-0.39, 0.29) is 11.8 Å². The highest BCUT2D eigenvalue weighted by Gasteiger charge is 2.30. The van der Waals surface area contributed by atoms with Crippen molar-refractivity contribution in [2.75, 3.05) is 23.7 Å². The molecule has 106 valence electrons. The summed E-state index contributed by atoms with van der Waals surface area (Å²) in [6.07, 6.45) is 2.43. The Balaban J connectivity index is 2.34. The van der Waals surface area contributed by atoms with Gasteiger partial charge >= 0.3 is 0 Å². The molecule has 1 aliphatic rings. The third-order valence-electron chi connectivity index (χ3n) is 3.64. The van der Waals surface area contributed by atoms with Gasteiger partial charge in [0.05, 0.1) is 11.4 Å². The fraction of sp³-hybridized carbons (Fsp3) is 0.571. The fourth-order valence-electron chi connectivity index (χ4n) is 2.56. The van der Waals surface area contributed by atoms with Gasteiger partial charge < -0.3 is 5.32 Å². The molecule has 4 nitrogen and oxygen atoms in total. The number of sulfonamides is 1. The minimum Gasteiger partial charge on any atom is -0.313 e. The van der Waals surface area contributed by atoms with Crippen LogP contribution in [0, 0.1) is 0 Å². The molecule has 2 rings (SSSR count). The van der Waals surface area contributed by atoms with Crippen molar-refractivity contribution in [2.45, 2.75) is 32.2 Å². The third kappa shape index (κ3) is 2.92. The predicted octanol–water partition coefficient (Wildman–Crippen LogP) is 2.29. The topological polar surface area (TPSA) is 49.4 Å². The Labute approximate surface area is 115 Å². The highest BCUT2D eigenvalue weighted by Crippen LogP contribution is 2.35. The normalized spacial score (nSPS) is 19.3. The number of rotatable bonds is 5. The summed E-state index contributed by atoms with van der Waals surface area (Å²) < 4.78 is 26.4. The Bertz CT molecular complexity index is 528. The number of fused-ring (bicyclic) bond motifs is 1. The Morgan fingerprint density at radius 1 is 1.37 bits per heavy atom. The second kappa shape index (κ2) is 5.92. The molecule has 1 aromatic carbocycles. The van der Waals surface area contributed by atoms with E-state index in [0.29, 0.717) is 6.54 Å². The van der Waals surface area contributed by atoms with E-state index in [2.05, 4.69) is 5.32 Å². The summed E-state index contributed by atoms with van der Waals surface area (Å²) in [5, 5.41) is 3.25. The maximum absolute atomic E-state index is 12.4. The summed E-state index contributed by atoms with van der Waals surface area (Å²) in [5.41, 5.74) is 1.92. The van der Waals surface area contributed by atoms with Crippen LogP contribution in [0.15, 0.2) is 24.3 Å². The number of nitrogens with zero attached hydrogens (tertiary/aromatic N) is 1. The van der Waals surface area contributed by atoms with E-state index in [1.807, 2.05) is 38.2 Å². The van der Waals surface area contributed by atoms with Crippen LogP contribution in [-0.2, 0) is 10.0 Å². The molecule has 0 spiro atoms. The van der Waals surface area contributed by atoms with Gasteiger partial charge in [0.15, 0.2) is 0 Å². The van der Waals surface area contributed by atoms with Crippen molar-refractivity contribution in [3.05, 3.63) is 29.8 Å². The molecule has 0 bridgehead atoms. The van der Waals surface area contributed by atoms with Crippen LogP contribution in [0.4, 0.5) is 5.69 Å². The lowest BCUT2D eigenvalue weighted by molar-refractivity contribution is 0.528. The Morgan fingerprint density at radius 2 is 2.11 bits per heavy atom. The first-order valence-corrected chi connectivity index (χ1v) is 8.47. The SMILES string of the molecule is CCCCS(=O)(=O)N1CCC(NC)c2ccccc21. The molecule has 5 heteroatoms. The molecule has 0 aliphatic carbocycles. The summed E-state index contributed by atoms with van der Waals surface area (Å²) in [6.45, 7) is 2.57. The minimum absolute atomic E-state index is 0.238. The number of unbranched alkanes of at least 4 members (excludes halogenated alkanes) is 1. The average Bonchev–Trinajstić information content (AvgIpc) is 2.43. The number of para-hydroxylation sites is 1. The van der Waals surface area contributed by atoms with E-state index in [1.54, 1.807) is 4.31 Å². The van der Waals surface area contributed by atoms with Gasteiger partial charge in [0, 0.05) is 12.6 Å². The van der Waals surface area contributed by atoms with Crippen molar-refractivity contribution in [3.63, 3.8) is 0 Å². The molecule has 1 heterocycles. The largest absolute Gasteiger partial charge is 0.313 e. The first-order chi connectivity index (χ1) is 9.10. The van der Waals surface area contributed by atoms with Gasteiger partial charge in [-0.25, -0.2) is 8.42 Å². The molecule has 0 aromatic heterocycles. The van der Waals surface area contributed by atoms with Crippen molar-refractivity contribution in [3.8, 4) is 0 Å². The van der Waals surface area contributed by atoms with E-state index < -0.39 is 10.0 Å². The van der Waals surface area contributed by atoms with Crippen molar-refractivity contribution >= 4 is 15.7 Å². The number of benzene rings is 1. The molecular weight excluding hydrogens is 260 g/mol. The molecule has 0 fully saturated rings. The first kappa shape index (κ1) is 14.3. The molecule has 0 radical (unpaired) electrons. The molecule has 1 aromatic rings. The Kier molecular flexibility index (Phi) is 4.47. The Morgan fingerprint density at radius 3 is 2.79 bits per heavy atom. The summed E-state index contributed by atoms with van der Waals surface area (Å²) in [5.74, 6) is 0.238. The maximum atomic E-state index is 12.4. The first-order valence-electron chi connectivity index (χ1n) is 6.86. The van der Waals surface area contributed by atoms with Crippen LogP contribution in [0.3, 0.4) is 0 Å². The molecule has 19 heavy (non-hydrogen) atoms. The molecule has 0 amide bonds. The molecule has 0 saturated heterocycles. The zero-order chi connectivity index (χ0) is 13.9. The van der Waals surface area contributed by atoms with Crippen LogP contribution in [0.2, 0.25) is 0 Å². The second-order valence-corrected chi connectivity index (χ2v) is 6.94. The Hall–Kier alpha value is -1.07. The lowest BCUT2D eigenvalue weighted by Gasteiger charge is -2.34. The average molecular weight is 282 g/mol. The minimum atomic E-state index is -3.18. The van der Waals surface area contributed by atoms with Gasteiger partial charge in [-0.3, -0.25) is 4.31 Å². The van der Waals surface area contributed by atoms with E-state index in [0.717, 1.165) is 30.5 Å². The van der Waals surface area contributed by atoms with Crippen molar-refractivity contribution in [2.24, 2.45) is 0 Å². The molecule has 0 saturated carbocycles. The molecule has 1 atom stereocenters. The van der Waals surface area contributed by atoms with Gasteiger partial charge in [-0.1, -0.05) is 31.5 Å². The van der Waals surface area contributed by atoms with E-state index in [9.17, 15) is 8.42 Å². The van der Waals surface area contributed by atoms with Crippen molar-refractivity contribution < 1.29 is 8.42 Å². The van der Waals surface area contributed by atoms with Crippen LogP contribution in [0.5, 0.6) is 0 Å². The van der Waals surface area contributed by atoms with E-state index in [1.165, 1.54) is 0 Å². The van der Waals surface area contributed by atoms with Gasteiger partial charge in [-0.05, 0) is 31.5 Å². The lowest BCUT2D eigenvalue weighted by Crippen LogP contribution is -2.40. The van der Waals surface area contributed by atoms with Crippen molar-refractivity contribution in [1.29, 1.82) is 0 Å². The zero-order valence-corrected chi connectivity index (χ0v) is 12.4. The van der Waals surface area contributed by atoms with Crippen LogP contribution < -0.4 is 9.62 Å². The second-order valence-electron chi connectivity index (χ2n) is 4.93. The van der Waals surface area contributed by atoms with E-state index >= 15 is 0 Å². The molecule has 1 N–H and O–H groups in total. The molecule has 1 unspecified atom stereocenters. The fourth-order valence-corrected chi connectivity index (χ4v) is 4.28. The van der Waals surface area contributed by atoms with Gasteiger partial charge in [-0.2, -0.15) is 0 Å². The van der Waals surface area contributed by atoms with Crippen LogP contribution >= 0.6 is 0 Å². The quantitative estimate of drug-likeness (QED) is 0.901. The summed E-state index contributed by atoms with van der Waals surface area (Å²) in [7, 11) is -1.27. The number of nitrogens with one attached hydrogen (secondary N) is 1. The highest BCUT2D eigenvalue weighted by atomic mass is 32.2. The standard InChI is InChI=1S/C14H22N2O2S/c1-3-4-11-19(17,18)16-10-9-13(15-2)12-7-5-6-8-14(12)16/h5-8,13,15H,3-4,9-11H2,1-2H3. The van der Waals surface area contributed by atoms with Gasteiger partial charge in [0.2, 0.25) is 10.0 Å². The van der Waals surface area contributed by atoms with Crippen LogP contribution in [0.1, 0.15) is 37.8 Å². The number of anilines is 1. The highest BCUT2D eigenvalue weighted by molar-refractivity contribution is 7.92. The van der Waals surface area contributed by atoms with Crippen LogP contribution in [0.25, 0.3) is 0 Å². The van der Waals surface area contributed by atoms with Gasteiger partial charge in [0.1, 0.15) is 0 Å². The monoisotopic (exact) mass is 282 g/mol. The van der Waals surface area contributed by atoms with Crippen LogP contribution in [-0.4, -0.2) is 27.8 Å². The number of hydrogen-bond donors (Lipinski definition) is 1. The summed E-state index contributed by atoms with van der Waals surface area (Å²) >= 11 is 0. The third-order valence-corrected chi connectivity index (χ3v) is 5.50. The smallest absolute Gasteiger partial charge is 0.235 e. The van der Waals surface area contributed by atoms with Gasteiger partial charge in [-0.15, -0.1) is 0 Å². The number of hydrogen-bond acceptors (Lipinski definition) is 3. The molecular formula is C14H22N2O2S. The maximum Gasteiger partial charge on any atom is 0.235 e. The van der Waals surface area contributed by atoms with Crippen molar-refractivity contribution in [1.82, 2.24) is 5.32 Å². The molecule has 1 aliphatic heterocycles. The lowest BCUT2D eigenvalue weighted by atomic mass is 9.98. The summed E-state index contributed by atoms with van der Waals surface area (Å²) in [4.78, 5) is 0. The van der Waals surface area contributed by atoms with E-state index in [4.69, 9.17) is 0 Å². The van der Waals surface area contributed by atoms with Gasteiger partial charge in [0.25, 0.3) is 0 Å². The predicted molar refractivity (Wildman–Crippen MR) is 78.9 cm³/mol. The zero-order valence-electron chi connectivity index (χ0n) is 11.6. The summed E-state index contributed by atoms with van der Waals surface area (Å²) in [6, 6.07) is 8.03.